The van der Waals surface area contributed by atoms with E-state index < -0.39 is 5.56 Å². The van der Waals surface area contributed by atoms with Gasteiger partial charge in [-0.2, -0.15) is 5.26 Å². The molecule has 0 saturated carbocycles. The summed E-state index contributed by atoms with van der Waals surface area (Å²) in [6.45, 7) is 0. The van der Waals surface area contributed by atoms with Gasteiger partial charge in [0.15, 0.2) is 16.7 Å². The second kappa shape index (κ2) is 6.73. The monoisotopic (exact) mass is 445 g/mol. The minimum atomic E-state index is -0.568. The molecule has 0 bridgehead atoms. The Morgan fingerprint density at radius 3 is 2.73 bits per heavy atom. The van der Waals surface area contributed by atoms with Gasteiger partial charge >= 0.3 is 0 Å². The zero-order chi connectivity index (χ0) is 16.4. The van der Waals surface area contributed by atoms with E-state index in [1.165, 1.54) is 18.9 Å². The number of phenols is 1. The van der Waals surface area contributed by atoms with Crippen molar-refractivity contribution < 1.29 is 9.84 Å². The first-order valence-electron chi connectivity index (χ1n) is 5.78. The summed E-state index contributed by atoms with van der Waals surface area (Å²) < 4.78 is 6.16. The summed E-state index contributed by atoms with van der Waals surface area (Å²) in [6.07, 6.45) is 1.74. The third-order valence-corrected chi connectivity index (χ3v) is 5.38. The second-order valence-corrected chi connectivity index (χ2v) is 6.45. The van der Waals surface area contributed by atoms with Crippen LogP contribution in [-0.4, -0.2) is 28.4 Å². The molecule has 9 heteroatoms. The Morgan fingerprint density at radius 1 is 1.50 bits per heavy atom. The highest BCUT2D eigenvalue weighted by Gasteiger charge is 2.23. The molecule has 1 heterocycles. The zero-order valence-corrected chi connectivity index (χ0v) is 15.4. The predicted octanol–water partition coefficient (Wildman–Crippen LogP) is 3.27. The predicted molar refractivity (Wildman–Crippen MR) is 90.4 cm³/mol. The quantitative estimate of drug-likeness (QED) is 0.554. The first kappa shape index (κ1) is 16.9. The van der Waals surface area contributed by atoms with E-state index in [4.69, 9.17) is 4.74 Å². The SMILES string of the molecule is COc1cc(Br)c(Br)c(-c2nc(SC)[nH]c(=O)c2C#N)c1O. The number of thioether (sulfide) groups is 1. The third kappa shape index (κ3) is 2.86. The topological polar surface area (TPSA) is 99.0 Å². The van der Waals surface area contributed by atoms with Gasteiger partial charge in [0.05, 0.1) is 12.7 Å². The minimum absolute atomic E-state index is 0.0829. The molecule has 0 spiro atoms. The fourth-order valence-electron chi connectivity index (χ4n) is 1.80. The maximum Gasteiger partial charge on any atom is 0.270 e. The van der Waals surface area contributed by atoms with Crippen LogP contribution in [0.4, 0.5) is 0 Å². The van der Waals surface area contributed by atoms with Crippen LogP contribution in [0.2, 0.25) is 0 Å². The maximum atomic E-state index is 12.0. The van der Waals surface area contributed by atoms with Crippen molar-refractivity contribution in [3.8, 4) is 28.8 Å². The van der Waals surface area contributed by atoms with Gasteiger partial charge in [0.25, 0.3) is 5.56 Å². The van der Waals surface area contributed by atoms with E-state index in [2.05, 4.69) is 41.8 Å². The summed E-state index contributed by atoms with van der Waals surface area (Å²) in [7, 11) is 1.41. The summed E-state index contributed by atoms with van der Waals surface area (Å²) in [6, 6.07) is 3.39. The number of methoxy groups -OCH3 is 1. The first-order chi connectivity index (χ1) is 10.4. The van der Waals surface area contributed by atoms with Gasteiger partial charge < -0.3 is 14.8 Å². The Hall–Kier alpha value is -1.50. The Kier molecular flexibility index (Phi) is 5.16. The number of ether oxygens (including phenoxy) is 1. The van der Waals surface area contributed by atoms with Gasteiger partial charge in [-0.15, -0.1) is 0 Å². The molecule has 0 radical (unpaired) electrons. The standard InChI is InChI=1S/C13H9Br2N3O3S/c1-21-7-3-6(14)9(15)8(11(7)19)10-5(4-16)12(20)18-13(17-10)22-2/h3,19H,1-2H3,(H,17,18,20). The molecule has 1 aromatic heterocycles. The normalized spacial score (nSPS) is 10.3. The Bertz CT molecular complexity index is 846. The lowest BCUT2D eigenvalue weighted by atomic mass is 10.1. The van der Waals surface area contributed by atoms with E-state index in [0.717, 1.165) is 0 Å². The van der Waals surface area contributed by atoms with Crippen molar-refractivity contribution in [2.45, 2.75) is 5.16 Å². The van der Waals surface area contributed by atoms with Crippen molar-refractivity contribution in [3.05, 3.63) is 30.9 Å². The number of rotatable bonds is 3. The van der Waals surface area contributed by atoms with Gasteiger partial charge in [-0.05, 0) is 44.2 Å². The van der Waals surface area contributed by atoms with Gasteiger partial charge in [-0.3, -0.25) is 4.79 Å². The number of nitriles is 1. The molecular weight excluding hydrogens is 438 g/mol. The molecule has 0 amide bonds. The van der Waals surface area contributed by atoms with Crippen molar-refractivity contribution in [1.29, 1.82) is 5.26 Å². The van der Waals surface area contributed by atoms with Crippen molar-refractivity contribution in [2.24, 2.45) is 0 Å². The zero-order valence-electron chi connectivity index (χ0n) is 11.4. The molecule has 2 aromatic rings. The average Bonchev–Trinajstić information content (AvgIpc) is 2.50. The van der Waals surface area contributed by atoms with Gasteiger partial charge in [-0.25, -0.2) is 4.98 Å². The van der Waals surface area contributed by atoms with Crippen molar-refractivity contribution >= 4 is 43.6 Å². The number of phenolic OH excluding ortho intramolecular Hbond substituents is 1. The van der Waals surface area contributed by atoms with Gasteiger partial charge in [0.2, 0.25) is 0 Å². The fraction of sp³-hybridized carbons (Fsp3) is 0.154. The Balaban J connectivity index is 2.94. The second-order valence-electron chi connectivity index (χ2n) is 4.01. The number of nitrogens with one attached hydrogen (secondary N) is 1. The molecule has 2 rings (SSSR count). The van der Waals surface area contributed by atoms with Crippen LogP contribution in [0.15, 0.2) is 25.0 Å². The van der Waals surface area contributed by atoms with Gasteiger partial charge in [-0.1, -0.05) is 11.8 Å². The number of halogens is 2. The third-order valence-electron chi connectivity index (χ3n) is 2.82. The molecule has 6 nitrogen and oxygen atoms in total. The van der Waals surface area contributed by atoms with Crippen LogP contribution >= 0.6 is 43.6 Å². The van der Waals surface area contributed by atoms with E-state index in [1.807, 2.05) is 6.07 Å². The van der Waals surface area contributed by atoms with Crippen LogP contribution in [0.1, 0.15) is 5.56 Å². The number of aromatic amines is 1. The smallest absolute Gasteiger partial charge is 0.270 e. The van der Waals surface area contributed by atoms with Crippen LogP contribution < -0.4 is 10.3 Å². The first-order valence-corrected chi connectivity index (χ1v) is 8.59. The molecule has 0 aliphatic heterocycles. The van der Waals surface area contributed by atoms with Gasteiger partial charge in [0.1, 0.15) is 17.3 Å². The molecule has 1 aromatic carbocycles. The molecule has 0 fully saturated rings. The summed E-state index contributed by atoms with van der Waals surface area (Å²) in [5.41, 5.74) is -0.459. The average molecular weight is 447 g/mol. The van der Waals surface area contributed by atoms with Gasteiger partial charge in [0, 0.05) is 8.95 Å². The summed E-state index contributed by atoms with van der Waals surface area (Å²) in [5.74, 6) is -0.0130. The fourth-order valence-corrected chi connectivity index (χ4v) is 3.07. The maximum absolute atomic E-state index is 12.0. The molecule has 22 heavy (non-hydrogen) atoms. The number of nitrogens with zero attached hydrogens (tertiary/aromatic N) is 2. The lowest BCUT2D eigenvalue weighted by Crippen LogP contribution is -2.15. The Labute approximate surface area is 146 Å². The highest BCUT2D eigenvalue weighted by atomic mass is 79.9. The van der Waals surface area contributed by atoms with Crippen LogP contribution in [0, 0.1) is 11.3 Å². The summed E-state index contributed by atoms with van der Waals surface area (Å²) >= 11 is 7.89. The molecule has 0 aliphatic carbocycles. The highest BCUT2D eigenvalue weighted by Crippen LogP contribution is 2.46. The number of H-pyrrole nitrogens is 1. The molecule has 0 atom stereocenters. The number of hydrogen-bond acceptors (Lipinski definition) is 6. The summed E-state index contributed by atoms with van der Waals surface area (Å²) in [5, 5.41) is 20.0. The van der Waals surface area contributed by atoms with E-state index in [1.54, 1.807) is 12.3 Å². The van der Waals surface area contributed by atoms with E-state index >= 15 is 0 Å². The molecule has 0 aliphatic rings. The Morgan fingerprint density at radius 2 is 2.18 bits per heavy atom. The van der Waals surface area contributed by atoms with Crippen molar-refractivity contribution in [2.75, 3.05) is 13.4 Å². The molecule has 0 unspecified atom stereocenters. The van der Waals surface area contributed by atoms with Crippen molar-refractivity contribution in [1.82, 2.24) is 9.97 Å². The van der Waals surface area contributed by atoms with Crippen molar-refractivity contribution in [3.63, 3.8) is 0 Å². The number of benzene rings is 1. The van der Waals surface area contributed by atoms with Crippen LogP contribution in [-0.2, 0) is 0 Å². The molecule has 2 N–H and O–H groups in total. The number of hydrogen-bond donors (Lipinski definition) is 2. The van der Waals surface area contributed by atoms with Crippen LogP contribution in [0.3, 0.4) is 0 Å². The van der Waals surface area contributed by atoms with E-state index in [-0.39, 0.29) is 28.3 Å². The minimum Gasteiger partial charge on any atom is -0.504 e. The highest BCUT2D eigenvalue weighted by molar-refractivity contribution is 9.13. The summed E-state index contributed by atoms with van der Waals surface area (Å²) in [4.78, 5) is 18.8. The van der Waals surface area contributed by atoms with E-state index in [9.17, 15) is 15.2 Å². The number of aromatic hydroxyl groups is 1. The molecular formula is C13H9Br2N3O3S. The van der Waals surface area contributed by atoms with Crippen LogP contribution in [0.25, 0.3) is 11.3 Å². The van der Waals surface area contributed by atoms with E-state index in [0.29, 0.717) is 14.1 Å². The lowest BCUT2D eigenvalue weighted by molar-refractivity contribution is 0.374. The molecule has 0 saturated heterocycles. The number of aromatic nitrogens is 2. The molecule has 114 valence electrons. The lowest BCUT2D eigenvalue weighted by Gasteiger charge is -2.13. The van der Waals surface area contributed by atoms with Crippen LogP contribution in [0.5, 0.6) is 11.5 Å². The largest absolute Gasteiger partial charge is 0.504 e.